The van der Waals surface area contributed by atoms with E-state index in [-0.39, 0.29) is 18.3 Å². The van der Waals surface area contributed by atoms with Gasteiger partial charge in [-0.2, -0.15) is 0 Å². The van der Waals surface area contributed by atoms with Crippen LogP contribution >= 0.6 is 0 Å². The van der Waals surface area contributed by atoms with Crippen LogP contribution in [-0.2, 0) is 27.3 Å². The quantitative estimate of drug-likeness (QED) is 0.359. The molecule has 1 aliphatic heterocycles. The largest absolute Gasteiger partial charge is 0.469 e. The highest BCUT2D eigenvalue weighted by Crippen LogP contribution is 2.38. The topological polar surface area (TPSA) is 70.7 Å². The Balaban J connectivity index is 1.76. The Labute approximate surface area is 204 Å². The minimum absolute atomic E-state index is 0.259. The Kier molecular flexibility index (Phi) is 7.27. The fourth-order valence-electron chi connectivity index (χ4n) is 4.11. The van der Waals surface area contributed by atoms with Gasteiger partial charge in [0.25, 0.3) is 5.91 Å². The molecule has 0 aromatic heterocycles. The molecular formula is C28H28FN3O3. The number of esters is 1. The zero-order chi connectivity index (χ0) is 24.9. The summed E-state index contributed by atoms with van der Waals surface area (Å²) in [5.74, 6) is -1.01. The van der Waals surface area contributed by atoms with Gasteiger partial charge in [0, 0.05) is 24.2 Å². The summed E-state index contributed by atoms with van der Waals surface area (Å²) < 4.78 is 18.6. The number of hydrogen-bond acceptors (Lipinski definition) is 5. The fraction of sp³-hybridized carbons (Fsp3) is 0.214. The van der Waals surface area contributed by atoms with E-state index in [0.717, 1.165) is 23.4 Å². The predicted octanol–water partition coefficient (Wildman–Crippen LogP) is 4.93. The van der Waals surface area contributed by atoms with Gasteiger partial charge in [-0.1, -0.05) is 30.3 Å². The Morgan fingerprint density at radius 2 is 1.80 bits per heavy atom. The van der Waals surface area contributed by atoms with Crippen molar-refractivity contribution in [2.75, 3.05) is 31.8 Å². The molecule has 2 N–H and O–H groups in total. The van der Waals surface area contributed by atoms with Crippen LogP contribution in [0.2, 0.25) is 0 Å². The van der Waals surface area contributed by atoms with E-state index >= 15 is 0 Å². The molecule has 0 aliphatic carbocycles. The molecule has 0 atom stereocenters. The van der Waals surface area contributed by atoms with Gasteiger partial charge in [-0.3, -0.25) is 9.59 Å². The zero-order valence-corrected chi connectivity index (χ0v) is 20.0. The molecule has 7 heteroatoms. The lowest BCUT2D eigenvalue weighted by Crippen LogP contribution is -2.11. The molecule has 1 aliphatic rings. The average molecular weight is 474 g/mol. The maximum absolute atomic E-state index is 13.8. The van der Waals surface area contributed by atoms with Crippen molar-refractivity contribution >= 4 is 34.5 Å². The fourth-order valence-corrected chi connectivity index (χ4v) is 4.11. The highest BCUT2D eigenvalue weighted by molar-refractivity contribution is 6.37. The van der Waals surface area contributed by atoms with Crippen molar-refractivity contribution in [2.45, 2.75) is 19.4 Å². The summed E-state index contributed by atoms with van der Waals surface area (Å²) in [4.78, 5) is 26.8. The molecule has 180 valence electrons. The second-order valence-electron chi connectivity index (χ2n) is 8.73. The molecular weight excluding hydrogens is 445 g/mol. The lowest BCUT2D eigenvalue weighted by atomic mass is 9.97. The normalized spacial score (nSPS) is 13.9. The minimum atomic E-state index is -0.416. The maximum Gasteiger partial charge on any atom is 0.305 e. The van der Waals surface area contributed by atoms with Gasteiger partial charge in [0.1, 0.15) is 5.82 Å². The highest BCUT2D eigenvalue weighted by atomic mass is 19.1. The van der Waals surface area contributed by atoms with Crippen molar-refractivity contribution in [3.63, 3.8) is 0 Å². The second kappa shape index (κ2) is 10.5. The number of nitrogens with one attached hydrogen (secondary N) is 2. The third-order valence-electron chi connectivity index (χ3n) is 5.76. The number of aryl methyl sites for hydroxylation is 1. The number of amides is 1. The molecule has 35 heavy (non-hydrogen) atoms. The zero-order valence-electron chi connectivity index (χ0n) is 20.0. The number of rotatable bonds is 8. The molecule has 6 nitrogen and oxygen atoms in total. The lowest BCUT2D eigenvalue weighted by Gasteiger charge is -2.17. The van der Waals surface area contributed by atoms with Gasteiger partial charge >= 0.3 is 5.97 Å². The van der Waals surface area contributed by atoms with E-state index in [1.165, 1.54) is 24.8 Å². The molecule has 0 bridgehead atoms. The van der Waals surface area contributed by atoms with Crippen molar-refractivity contribution in [3.8, 4) is 0 Å². The van der Waals surface area contributed by atoms with Crippen LogP contribution in [0.1, 0.15) is 28.7 Å². The summed E-state index contributed by atoms with van der Waals surface area (Å²) in [6.07, 6.45) is 0.769. The van der Waals surface area contributed by atoms with Crippen LogP contribution < -0.4 is 10.6 Å². The van der Waals surface area contributed by atoms with E-state index in [1.54, 1.807) is 6.07 Å². The first-order valence-corrected chi connectivity index (χ1v) is 11.4. The van der Waals surface area contributed by atoms with Crippen molar-refractivity contribution in [3.05, 3.63) is 94.8 Å². The van der Waals surface area contributed by atoms with Gasteiger partial charge < -0.3 is 20.3 Å². The minimum Gasteiger partial charge on any atom is -0.469 e. The number of hydrogen-bond donors (Lipinski definition) is 2. The van der Waals surface area contributed by atoms with E-state index in [0.29, 0.717) is 28.9 Å². The molecule has 3 aromatic rings. The van der Waals surface area contributed by atoms with Gasteiger partial charge in [0.15, 0.2) is 0 Å². The Morgan fingerprint density at radius 1 is 1.03 bits per heavy atom. The second-order valence-corrected chi connectivity index (χ2v) is 8.73. The van der Waals surface area contributed by atoms with E-state index in [9.17, 15) is 14.0 Å². The number of carbonyl (C=O) groups excluding carboxylic acids is 2. The van der Waals surface area contributed by atoms with E-state index < -0.39 is 5.82 Å². The van der Waals surface area contributed by atoms with Crippen LogP contribution in [0.4, 0.5) is 15.8 Å². The predicted molar refractivity (Wildman–Crippen MR) is 136 cm³/mol. The number of benzene rings is 3. The SMILES string of the molecule is COC(=O)CCc1cccc(C(Nc2ccc(CN(C)C)cc2)=C2C(=O)Nc3cc(F)ccc32)c1. The summed E-state index contributed by atoms with van der Waals surface area (Å²) >= 11 is 0. The molecule has 0 spiro atoms. The summed E-state index contributed by atoms with van der Waals surface area (Å²) in [7, 11) is 5.40. The third-order valence-corrected chi connectivity index (χ3v) is 5.76. The van der Waals surface area contributed by atoms with Gasteiger partial charge in [-0.25, -0.2) is 4.39 Å². The van der Waals surface area contributed by atoms with Crippen LogP contribution in [0, 0.1) is 5.82 Å². The molecule has 0 fully saturated rings. The first-order chi connectivity index (χ1) is 16.8. The van der Waals surface area contributed by atoms with Crippen molar-refractivity contribution in [2.24, 2.45) is 0 Å². The molecule has 4 rings (SSSR count). The number of ether oxygens (including phenoxy) is 1. The number of carbonyl (C=O) groups is 2. The number of fused-ring (bicyclic) bond motifs is 1. The van der Waals surface area contributed by atoms with Crippen molar-refractivity contribution in [1.29, 1.82) is 0 Å². The molecule has 1 heterocycles. The van der Waals surface area contributed by atoms with Crippen molar-refractivity contribution in [1.82, 2.24) is 4.90 Å². The molecule has 0 saturated heterocycles. The van der Waals surface area contributed by atoms with Gasteiger partial charge in [-0.05, 0) is 73.6 Å². The summed E-state index contributed by atoms with van der Waals surface area (Å²) in [5.41, 5.74) is 5.81. The number of anilines is 2. The number of nitrogens with zero attached hydrogens (tertiary/aromatic N) is 1. The lowest BCUT2D eigenvalue weighted by molar-refractivity contribution is -0.140. The van der Waals surface area contributed by atoms with Crippen molar-refractivity contribution < 1.29 is 18.7 Å². The van der Waals surface area contributed by atoms with Crippen LogP contribution in [0.5, 0.6) is 0 Å². The molecule has 3 aromatic carbocycles. The monoisotopic (exact) mass is 473 g/mol. The van der Waals surface area contributed by atoms with Gasteiger partial charge in [0.2, 0.25) is 0 Å². The molecule has 0 saturated carbocycles. The van der Waals surface area contributed by atoms with Gasteiger partial charge in [-0.15, -0.1) is 0 Å². The number of halogens is 1. The molecule has 0 unspecified atom stereocenters. The van der Waals surface area contributed by atoms with E-state index in [1.807, 2.05) is 62.6 Å². The Morgan fingerprint density at radius 3 is 2.51 bits per heavy atom. The smallest absolute Gasteiger partial charge is 0.305 e. The Hall–Kier alpha value is -3.97. The number of methoxy groups -OCH3 is 1. The first-order valence-electron chi connectivity index (χ1n) is 11.4. The molecule has 1 amide bonds. The third kappa shape index (κ3) is 5.75. The standard InChI is InChI=1S/C28H28FN3O3/c1-32(2)17-19-7-11-22(12-8-19)30-27(20-6-4-5-18(15-20)9-14-25(33)35-3)26-23-13-10-21(29)16-24(23)31-28(26)34/h4-8,10-13,15-16,30H,9,14,17H2,1-3H3,(H,31,34). The van der Waals surface area contributed by atoms with E-state index in [2.05, 4.69) is 15.5 Å². The van der Waals surface area contributed by atoms with Crippen LogP contribution in [0.15, 0.2) is 66.7 Å². The van der Waals surface area contributed by atoms with Crippen LogP contribution in [0.25, 0.3) is 11.3 Å². The average Bonchev–Trinajstić information content (AvgIpc) is 3.16. The van der Waals surface area contributed by atoms with Gasteiger partial charge in [0.05, 0.1) is 24.1 Å². The van der Waals surface area contributed by atoms with Crippen LogP contribution in [0.3, 0.4) is 0 Å². The molecule has 0 radical (unpaired) electrons. The highest BCUT2D eigenvalue weighted by Gasteiger charge is 2.29. The first kappa shape index (κ1) is 24.2. The van der Waals surface area contributed by atoms with Crippen LogP contribution in [-0.4, -0.2) is 38.0 Å². The Bertz CT molecular complexity index is 1280. The summed E-state index contributed by atoms with van der Waals surface area (Å²) in [6.45, 7) is 0.817. The maximum atomic E-state index is 13.8. The summed E-state index contributed by atoms with van der Waals surface area (Å²) in [5, 5.41) is 6.20. The summed E-state index contributed by atoms with van der Waals surface area (Å²) in [6, 6.07) is 20.0. The van der Waals surface area contributed by atoms with E-state index in [4.69, 9.17) is 4.74 Å².